The van der Waals surface area contributed by atoms with Gasteiger partial charge in [0.25, 0.3) is 0 Å². The molecule has 0 amide bonds. The summed E-state index contributed by atoms with van der Waals surface area (Å²) in [5, 5.41) is 3.07. The van der Waals surface area contributed by atoms with Crippen LogP contribution >= 0.6 is 0 Å². The lowest BCUT2D eigenvalue weighted by atomic mass is 10.1. The normalized spacial score (nSPS) is 18.2. The standard InChI is InChI=1S/C21H23F3N2O4S2/c22-21(23,24)20-11-10-19(32(29,30)18-8-2-1-3-9-18)14-16(20)6-5-13-31(27,28)26-17-7-4-12-25-15-17/h1-3,5-6,8-11,14,17,25-26H,4,7,12-13,15H2/t17-/m0/s1. The first kappa shape index (κ1) is 24.4. The smallest absolute Gasteiger partial charge is 0.315 e. The van der Waals surface area contributed by atoms with Crippen LogP contribution < -0.4 is 10.0 Å². The highest BCUT2D eigenvalue weighted by molar-refractivity contribution is 7.91. The molecular formula is C21H23F3N2O4S2. The number of alkyl halides is 3. The molecule has 0 bridgehead atoms. The molecule has 2 N–H and O–H groups in total. The SMILES string of the molecule is O=S(=O)(CC=Cc1cc(S(=O)(=O)c2ccccc2)ccc1C(F)(F)F)N[C@H]1CCCNC1. The van der Waals surface area contributed by atoms with Crippen LogP contribution in [0.25, 0.3) is 6.08 Å². The van der Waals surface area contributed by atoms with E-state index < -0.39 is 42.9 Å². The van der Waals surface area contributed by atoms with Gasteiger partial charge in [0.1, 0.15) is 0 Å². The van der Waals surface area contributed by atoms with Crippen molar-refractivity contribution in [1.29, 1.82) is 0 Å². The Morgan fingerprint density at radius 3 is 2.38 bits per heavy atom. The summed E-state index contributed by atoms with van der Waals surface area (Å²) in [6, 6.07) is 9.57. The maximum atomic E-state index is 13.4. The van der Waals surface area contributed by atoms with Gasteiger partial charge in [-0.1, -0.05) is 30.4 Å². The third-order valence-electron chi connectivity index (χ3n) is 4.95. The van der Waals surface area contributed by atoms with E-state index in [-0.39, 0.29) is 15.8 Å². The lowest BCUT2D eigenvalue weighted by Crippen LogP contribution is -2.46. The van der Waals surface area contributed by atoms with Crippen LogP contribution in [0.1, 0.15) is 24.0 Å². The van der Waals surface area contributed by atoms with Gasteiger partial charge in [-0.25, -0.2) is 21.6 Å². The fourth-order valence-corrected chi connectivity index (χ4v) is 5.87. The Kier molecular flexibility index (Phi) is 7.43. The van der Waals surface area contributed by atoms with E-state index in [0.29, 0.717) is 19.0 Å². The van der Waals surface area contributed by atoms with Crippen LogP contribution in [-0.4, -0.2) is 41.7 Å². The number of rotatable bonds is 7. The third kappa shape index (κ3) is 6.18. The van der Waals surface area contributed by atoms with Gasteiger partial charge < -0.3 is 5.32 Å². The van der Waals surface area contributed by atoms with Gasteiger partial charge in [-0.2, -0.15) is 13.2 Å². The van der Waals surface area contributed by atoms with Gasteiger partial charge in [-0.15, -0.1) is 0 Å². The Labute approximate surface area is 185 Å². The number of nitrogens with one attached hydrogen (secondary N) is 2. The molecule has 0 unspecified atom stereocenters. The lowest BCUT2D eigenvalue weighted by molar-refractivity contribution is -0.137. The van der Waals surface area contributed by atoms with E-state index in [2.05, 4.69) is 10.0 Å². The molecule has 3 rings (SSSR count). The van der Waals surface area contributed by atoms with Gasteiger partial charge in [-0.3, -0.25) is 0 Å². The summed E-state index contributed by atoms with van der Waals surface area (Å²) in [6.07, 6.45) is -1.17. The molecule has 32 heavy (non-hydrogen) atoms. The zero-order valence-corrected chi connectivity index (χ0v) is 18.6. The minimum Gasteiger partial charge on any atom is -0.315 e. The van der Waals surface area contributed by atoms with Crippen LogP contribution in [0, 0.1) is 0 Å². The topological polar surface area (TPSA) is 92.3 Å². The first-order valence-corrected chi connectivity index (χ1v) is 13.0. The predicted molar refractivity (Wildman–Crippen MR) is 115 cm³/mol. The Morgan fingerprint density at radius 2 is 1.75 bits per heavy atom. The van der Waals surface area contributed by atoms with Crippen LogP contribution in [0.5, 0.6) is 0 Å². The molecule has 1 aliphatic heterocycles. The highest BCUT2D eigenvalue weighted by Gasteiger charge is 2.33. The molecule has 0 aliphatic carbocycles. The van der Waals surface area contributed by atoms with Crippen LogP contribution in [0.4, 0.5) is 13.2 Å². The van der Waals surface area contributed by atoms with Gasteiger partial charge in [0.05, 0.1) is 21.1 Å². The molecule has 1 saturated heterocycles. The molecule has 1 atom stereocenters. The maximum Gasteiger partial charge on any atom is 0.416 e. The van der Waals surface area contributed by atoms with E-state index in [4.69, 9.17) is 0 Å². The van der Waals surface area contributed by atoms with Crippen molar-refractivity contribution in [3.63, 3.8) is 0 Å². The van der Waals surface area contributed by atoms with Crippen molar-refractivity contribution in [3.05, 3.63) is 65.7 Å². The molecule has 0 aromatic heterocycles. The van der Waals surface area contributed by atoms with E-state index in [0.717, 1.165) is 37.3 Å². The molecular weight excluding hydrogens is 465 g/mol. The average Bonchev–Trinajstić information content (AvgIpc) is 2.74. The van der Waals surface area contributed by atoms with Crippen molar-refractivity contribution in [2.45, 2.75) is 34.9 Å². The second-order valence-electron chi connectivity index (χ2n) is 7.41. The van der Waals surface area contributed by atoms with Crippen molar-refractivity contribution in [2.24, 2.45) is 0 Å². The molecule has 6 nitrogen and oxygen atoms in total. The van der Waals surface area contributed by atoms with Crippen LogP contribution in [-0.2, 0) is 26.0 Å². The third-order valence-corrected chi connectivity index (χ3v) is 8.04. The van der Waals surface area contributed by atoms with Crippen molar-refractivity contribution in [2.75, 3.05) is 18.8 Å². The van der Waals surface area contributed by atoms with Gasteiger partial charge in [0, 0.05) is 12.6 Å². The molecule has 174 valence electrons. The summed E-state index contributed by atoms with van der Waals surface area (Å²) in [6.45, 7) is 1.29. The van der Waals surface area contributed by atoms with Crippen LogP contribution in [0.3, 0.4) is 0 Å². The number of hydrogen-bond acceptors (Lipinski definition) is 5. The number of piperidine rings is 1. The number of hydrogen-bond donors (Lipinski definition) is 2. The van der Waals surface area contributed by atoms with Gasteiger partial charge in [0.15, 0.2) is 0 Å². The minimum atomic E-state index is -4.74. The summed E-state index contributed by atoms with van der Waals surface area (Å²) < 4.78 is 93.0. The number of benzene rings is 2. The quantitative estimate of drug-likeness (QED) is 0.625. The Morgan fingerprint density at radius 1 is 1.03 bits per heavy atom. The zero-order chi connectivity index (χ0) is 23.4. The molecule has 1 aliphatic rings. The van der Waals surface area contributed by atoms with Crippen molar-refractivity contribution < 1.29 is 30.0 Å². The molecule has 0 spiro atoms. The fourth-order valence-electron chi connectivity index (χ4n) is 3.40. The minimum absolute atomic E-state index is 0.0532. The highest BCUT2D eigenvalue weighted by atomic mass is 32.2. The molecule has 1 fully saturated rings. The van der Waals surface area contributed by atoms with E-state index in [1.807, 2.05) is 0 Å². The molecule has 2 aromatic carbocycles. The Balaban J connectivity index is 1.87. The van der Waals surface area contributed by atoms with E-state index in [1.54, 1.807) is 6.07 Å². The average molecular weight is 489 g/mol. The Hall–Kier alpha value is -2.21. The van der Waals surface area contributed by atoms with Crippen LogP contribution in [0.2, 0.25) is 0 Å². The largest absolute Gasteiger partial charge is 0.416 e. The summed E-state index contributed by atoms with van der Waals surface area (Å²) in [5.74, 6) is -0.531. The van der Waals surface area contributed by atoms with Crippen molar-refractivity contribution in [1.82, 2.24) is 10.0 Å². The molecule has 11 heteroatoms. The van der Waals surface area contributed by atoms with E-state index in [9.17, 15) is 30.0 Å². The van der Waals surface area contributed by atoms with Crippen molar-refractivity contribution >= 4 is 25.9 Å². The summed E-state index contributed by atoms with van der Waals surface area (Å²) in [5.41, 5.74) is -1.48. The summed E-state index contributed by atoms with van der Waals surface area (Å²) >= 11 is 0. The summed E-state index contributed by atoms with van der Waals surface area (Å²) in [7, 11) is -7.79. The van der Waals surface area contributed by atoms with Crippen molar-refractivity contribution in [3.8, 4) is 0 Å². The monoisotopic (exact) mass is 488 g/mol. The van der Waals surface area contributed by atoms with Gasteiger partial charge in [-0.05, 0) is 55.3 Å². The summed E-state index contributed by atoms with van der Waals surface area (Å²) in [4.78, 5) is -0.367. The highest BCUT2D eigenvalue weighted by Crippen LogP contribution is 2.34. The fraction of sp³-hybridized carbons (Fsp3) is 0.333. The van der Waals surface area contributed by atoms with E-state index in [1.165, 1.54) is 24.3 Å². The molecule has 1 heterocycles. The second-order valence-corrected chi connectivity index (χ2v) is 11.2. The second kappa shape index (κ2) is 9.74. The molecule has 2 aromatic rings. The van der Waals surface area contributed by atoms with Crippen LogP contribution in [0.15, 0.2) is 64.4 Å². The van der Waals surface area contributed by atoms with Gasteiger partial charge in [0.2, 0.25) is 19.9 Å². The molecule has 0 radical (unpaired) electrons. The Bertz CT molecular complexity index is 1170. The first-order chi connectivity index (χ1) is 15.0. The number of sulfone groups is 1. The van der Waals surface area contributed by atoms with Gasteiger partial charge >= 0.3 is 6.18 Å². The number of sulfonamides is 1. The number of halogens is 3. The first-order valence-electron chi connectivity index (χ1n) is 9.88. The molecule has 0 saturated carbocycles. The zero-order valence-electron chi connectivity index (χ0n) is 17.0. The lowest BCUT2D eigenvalue weighted by Gasteiger charge is -2.23. The predicted octanol–water partition coefficient (Wildman–Crippen LogP) is 3.22. The maximum absolute atomic E-state index is 13.4. The van der Waals surface area contributed by atoms with E-state index >= 15 is 0 Å².